The van der Waals surface area contributed by atoms with Gasteiger partial charge < -0.3 is 65.5 Å². The molecule has 9 rings (SSSR count). The first-order valence-electron chi connectivity index (χ1n) is 25.7. The number of phenolic OH excluding ortho intramolecular Hbond substituents is 2. The standard InChI is InChI=1S/C57H59Cl2N11O11/c1-29(71)61-32-8-10-37-39(14-32)46(72)19-41-51(37)30(21-58)24-69(41)50(76)23-60-53(77)43-17-35(27-66(43)5)64-55(79)45-18-36(28-68(45)7)65-54(78)44-16-34(26-67(44)6)63-49(75)13-12-48(74)62-33-9-11-38-40(15-33)47(73)20-42-52(38)31(22-59)25-70(42)56(80)81-57(2,3)4/h8-11,14-20,26-28,30-31,72-73H,12-13,21-25H2,1-7H3,(H,60,77)(H,61,71)(H,62,74)(H,63,75)(H,64,79)(H,65,78). The minimum absolute atomic E-state index is 0.0964. The molecule has 0 spiro atoms. The molecule has 0 saturated carbocycles. The van der Waals surface area contributed by atoms with Crippen LogP contribution >= 0.6 is 23.2 Å². The van der Waals surface area contributed by atoms with Crippen molar-refractivity contribution in [3.05, 3.63) is 114 Å². The molecule has 0 aliphatic carbocycles. The normalized spacial score (nSPS) is 14.6. The molecule has 0 saturated heterocycles. The third-order valence-electron chi connectivity index (χ3n) is 13.9. The zero-order chi connectivity index (χ0) is 58.4. The summed E-state index contributed by atoms with van der Waals surface area (Å²) in [6, 6.07) is 17.5. The summed E-state index contributed by atoms with van der Waals surface area (Å²) in [5, 5.41) is 40.7. The fourth-order valence-corrected chi connectivity index (χ4v) is 10.8. The highest BCUT2D eigenvalue weighted by molar-refractivity contribution is 6.20. The molecule has 81 heavy (non-hydrogen) atoms. The van der Waals surface area contributed by atoms with Crippen molar-refractivity contribution in [3.63, 3.8) is 0 Å². The Morgan fingerprint density at radius 2 is 0.975 bits per heavy atom. The van der Waals surface area contributed by atoms with Crippen LogP contribution in [0.2, 0.25) is 0 Å². The van der Waals surface area contributed by atoms with Gasteiger partial charge in [0.25, 0.3) is 17.7 Å². The van der Waals surface area contributed by atoms with Crippen molar-refractivity contribution >= 4 is 132 Å². The van der Waals surface area contributed by atoms with E-state index in [9.17, 15) is 48.6 Å². The van der Waals surface area contributed by atoms with Crippen molar-refractivity contribution in [2.75, 3.05) is 67.8 Å². The second kappa shape index (κ2) is 22.6. The van der Waals surface area contributed by atoms with Crippen molar-refractivity contribution in [2.24, 2.45) is 21.1 Å². The molecule has 24 heteroatoms. The number of hydrogen-bond donors (Lipinski definition) is 8. The molecule has 8 N–H and O–H groups in total. The van der Waals surface area contributed by atoms with Gasteiger partial charge in [-0.1, -0.05) is 12.1 Å². The molecular formula is C57H59Cl2N11O11. The number of rotatable bonds is 15. The van der Waals surface area contributed by atoms with Crippen molar-refractivity contribution in [1.29, 1.82) is 0 Å². The largest absolute Gasteiger partial charge is 0.507 e. The number of nitrogens with one attached hydrogen (secondary N) is 6. The van der Waals surface area contributed by atoms with Crippen LogP contribution in [0.25, 0.3) is 21.5 Å². The number of fused-ring (bicyclic) bond motifs is 6. The Bertz CT molecular complexity index is 3760. The average molecular weight is 1150 g/mol. The van der Waals surface area contributed by atoms with Gasteiger partial charge in [0.2, 0.25) is 23.6 Å². The van der Waals surface area contributed by atoms with E-state index < -0.39 is 47.1 Å². The number of phenols is 2. The third kappa shape index (κ3) is 12.0. The molecule has 2 aliphatic heterocycles. The minimum Gasteiger partial charge on any atom is -0.507 e. The molecule has 5 heterocycles. The highest BCUT2D eigenvalue weighted by Gasteiger charge is 2.38. The van der Waals surface area contributed by atoms with Gasteiger partial charge >= 0.3 is 6.09 Å². The SMILES string of the molecule is CC(=O)Nc1ccc2c3c(cc(O)c2c1)N(C(=O)CNC(=O)c1cc(NC(=O)c2cc(NC(=O)c4cc(NC(=O)CCC(=O)Nc5ccc6c7c(cc(O)c6c5)N(C(=O)OC(C)(C)C)CC7CCl)cn4C)cn2C)cn1C)CC3CCl. The van der Waals surface area contributed by atoms with Gasteiger partial charge in [-0.25, -0.2) is 4.79 Å². The topological polar surface area (TPSA) is 280 Å². The number of hydrogen-bond acceptors (Lipinski definition) is 11. The Kier molecular flexibility index (Phi) is 15.8. The Balaban J connectivity index is 0.757. The number of aromatic hydroxyl groups is 2. The van der Waals surface area contributed by atoms with E-state index in [1.165, 1.54) is 79.3 Å². The van der Waals surface area contributed by atoms with E-state index in [1.807, 2.05) is 0 Å². The second-order valence-corrected chi connectivity index (χ2v) is 21.6. The zero-order valence-electron chi connectivity index (χ0n) is 45.2. The molecule has 2 aliphatic rings. The monoisotopic (exact) mass is 1140 g/mol. The van der Waals surface area contributed by atoms with E-state index in [1.54, 1.807) is 78.3 Å². The van der Waals surface area contributed by atoms with Crippen molar-refractivity contribution < 1.29 is 53.3 Å². The molecule has 3 aromatic heterocycles. The number of alkyl halides is 2. The smallest absolute Gasteiger partial charge is 0.414 e. The van der Waals surface area contributed by atoms with E-state index in [4.69, 9.17) is 27.9 Å². The molecule has 4 aromatic carbocycles. The van der Waals surface area contributed by atoms with Gasteiger partial charge in [-0.15, -0.1) is 23.2 Å². The molecule has 7 aromatic rings. The van der Waals surface area contributed by atoms with Crippen LogP contribution in [0.5, 0.6) is 11.5 Å². The number of amides is 8. The van der Waals surface area contributed by atoms with Gasteiger partial charge in [0.05, 0.1) is 35.0 Å². The highest BCUT2D eigenvalue weighted by Crippen LogP contribution is 2.48. The van der Waals surface area contributed by atoms with Crippen molar-refractivity contribution in [3.8, 4) is 11.5 Å². The minimum atomic E-state index is -0.729. The maximum Gasteiger partial charge on any atom is 0.414 e. The number of anilines is 7. The number of carbonyl (C=O) groups excluding carboxylic acids is 8. The Morgan fingerprint density at radius 3 is 1.43 bits per heavy atom. The predicted octanol–water partition coefficient (Wildman–Crippen LogP) is 8.42. The van der Waals surface area contributed by atoms with Gasteiger partial charge in [0.15, 0.2) is 0 Å². The van der Waals surface area contributed by atoms with E-state index in [2.05, 4.69) is 31.9 Å². The molecule has 22 nitrogen and oxygen atoms in total. The van der Waals surface area contributed by atoms with E-state index >= 15 is 0 Å². The summed E-state index contributed by atoms with van der Waals surface area (Å²) < 4.78 is 10.1. The van der Waals surface area contributed by atoms with Gasteiger partial charge in [-0.05, 0) is 85.1 Å². The van der Waals surface area contributed by atoms with Crippen molar-refractivity contribution in [1.82, 2.24) is 19.0 Å². The van der Waals surface area contributed by atoms with E-state index in [0.717, 1.165) is 11.1 Å². The summed E-state index contributed by atoms with van der Waals surface area (Å²) in [6.07, 6.45) is 3.67. The number of aromatic nitrogens is 3. The van der Waals surface area contributed by atoms with Crippen LogP contribution in [0, 0.1) is 0 Å². The lowest BCUT2D eigenvalue weighted by Gasteiger charge is -2.25. The molecule has 2 unspecified atom stereocenters. The van der Waals surface area contributed by atoms with Crippen LogP contribution in [0.3, 0.4) is 0 Å². The predicted molar refractivity (Wildman–Crippen MR) is 309 cm³/mol. The van der Waals surface area contributed by atoms with E-state index in [-0.39, 0.29) is 102 Å². The van der Waals surface area contributed by atoms with Crippen molar-refractivity contribution in [2.45, 2.75) is 58.0 Å². The first kappa shape index (κ1) is 56.7. The first-order valence-corrected chi connectivity index (χ1v) is 26.8. The molecule has 8 amide bonds. The summed E-state index contributed by atoms with van der Waals surface area (Å²) >= 11 is 12.7. The average Bonchev–Trinajstić information content (AvgIpc) is 4.38. The number of carbonyl (C=O) groups is 8. The number of benzene rings is 4. The zero-order valence-corrected chi connectivity index (χ0v) is 46.8. The maximum absolute atomic E-state index is 13.6. The highest BCUT2D eigenvalue weighted by atomic mass is 35.5. The summed E-state index contributed by atoms with van der Waals surface area (Å²) in [6.45, 7) is 6.79. The van der Waals surface area contributed by atoms with Crippen LogP contribution in [0.1, 0.15) is 95.0 Å². The Hall–Kier alpha value is -9.02. The van der Waals surface area contributed by atoms with Crippen LogP contribution in [0.4, 0.5) is 44.6 Å². The van der Waals surface area contributed by atoms with Crippen LogP contribution in [0.15, 0.2) is 85.3 Å². The number of ether oxygens (including phenoxy) is 1. The lowest BCUT2D eigenvalue weighted by atomic mass is 9.95. The van der Waals surface area contributed by atoms with Gasteiger partial charge in [-0.2, -0.15) is 0 Å². The fourth-order valence-electron chi connectivity index (χ4n) is 10.3. The molecular weight excluding hydrogens is 1090 g/mol. The fraction of sp³-hybridized carbons (Fsp3) is 0.298. The van der Waals surface area contributed by atoms with Gasteiger partial charge in [0, 0.05) is 130 Å². The number of aryl methyl sites for hydroxylation is 3. The van der Waals surface area contributed by atoms with Gasteiger partial charge in [0.1, 0.15) is 34.2 Å². The maximum atomic E-state index is 13.6. The summed E-state index contributed by atoms with van der Waals surface area (Å²) in [7, 11) is 4.83. The lowest BCUT2D eigenvalue weighted by molar-refractivity contribution is -0.121. The molecule has 422 valence electrons. The third-order valence-corrected chi connectivity index (χ3v) is 14.6. The Morgan fingerprint density at radius 1 is 0.556 bits per heavy atom. The number of nitrogens with zero attached hydrogens (tertiary/aromatic N) is 5. The van der Waals surface area contributed by atoms with Gasteiger partial charge in [-0.3, -0.25) is 38.5 Å². The molecule has 0 radical (unpaired) electrons. The van der Waals surface area contributed by atoms with Crippen LogP contribution in [-0.4, -0.2) is 108 Å². The Labute approximate surface area is 474 Å². The summed E-state index contributed by atoms with van der Waals surface area (Å²) in [5.41, 5.74) is 4.00. The molecule has 2 atom stereocenters. The van der Waals surface area contributed by atoms with Crippen LogP contribution < -0.4 is 41.7 Å². The number of halogens is 2. The van der Waals surface area contributed by atoms with Crippen LogP contribution in [-0.2, 0) is 45.1 Å². The van der Waals surface area contributed by atoms with E-state index in [0.29, 0.717) is 50.0 Å². The quantitative estimate of drug-likeness (QED) is 0.0451. The molecule has 0 bridgehead atoms. The first-order chi connectivity index (χ1) is 38.4. The summed E-state index contributed by atoms with van der Waals surface area (Å²) in [5.74, 6) is -3.65. The molecule has 0 fully saturated rings. The second-order valence-electron chi connectivity index (χ2n) is 21.0. The summed E-state index contributed by atoms with van der Waals surface area (Å²) in [4.78, 5) is 108. The lowest BCUT2D eigenvalue weighted by Crippen LogP contribution is -2.40.